The van der Waals surface area contributed by atoms with Gasteiger partial charge in [0.2, 0.25) is 0 Å². The van der Waals surface area contributed by atoms with Gasteiger partial charge in [-0.05, 0) is 52.6 Å². The van der Waals surface area contributed by atoms with E-state index < -0.39 is 0 Å². The number of aromatic nitrogens is 1. The van der Waals surface area contributed by atoms with Crippen molar-refractivity contribution in [1.29, 1.82) is 5.26 Å². The second-order valence-corrected chi connectivity index (χ2v) is 4.97. The number of hydrogen-bond donors (Lipinski definition) is 1. The molecule has 86 valence electrons. The van der Waals surface area contributed by atoms with Crippen molar-refractivity contribution in [3.8, 4) is 6.07 Å². The molecule has 0 aliphatic heterocycles. The predicted octanol–water partition coefficient (Wildman–Crippen LogP) is 3.97. The molecule has 6 heteroatoms. The van der Waals surface area contributed by atoms with E-state index in [9.17, 15) is 4.39 Å². The minimum Gasteiger partial charge on any atom is -0.345 e. The van der Waals surface area contributed by atoms with Crippen molar-refractivity contribution in [1.82, 2.24) is 4.37 Å². The summed E-state index contributed by atoms with van der Waals surface area (Å²) in [4.78, 5) is 0. The number of hydrogen-bond acceptors (Lipinski definition) is 4. The van der Waals surface area contributed by atoms with Crippen LogP contribution in [0.3, 0.4) is 0 Å². The van der Waals surface area contributed by atoms with E-state index in [2.05, 4.69) is 31.7 Å². The summed E-state index contributed by atoms with van der Waals surface area (Å²) in [7, 11) is 0. The fraction of sp³-hybridized carbons (Fsp3) is 0.0909. The van der Waals surface area contributed by atoms with Crippen molar-refractivity contribution in [3.05, 3.63) is 39.7 Å². The molecule has 1 N–H and O–H groups in total. The summed E-state index contributed by atoms with van der Waals surface area (Å²) in [5.41, 5.74) is 1.93. The van der Waals surface area contributed by atoms with E-state index in [0.717, 1.165) is 0 Å². The topological polar surface area (TPSA) is 48.7 Å². The van der Waals surface area contributed by atoms with Crippen LogP contribution in [0.15, 0.2) is 22.7 Å². The Morgan fingerprint density at radius 2 is 2.29 bits per heavy atom. The van der Waals surface area contributed by atoms with Crippen LogP contribution in [0.4, 0.5) is 15.1 Å². The highest BCUT2D eigenvalue weighted by molar-refractivity contribution is 9.10. The minimum atomic E-state index is -0.323. The van der Waals surface area contributed by atoms with Gasteiger partial charge < -0.3 is 5.32 Å². The first-order valence-electron chi connectivity index (χ1n) is 4.70. The van der Waals surface area contributed by atoms with E-state index in [0.29, 0.717) is 26.4 Å². The highest BCUT2D eigenvalue weighted by Gasteiger charge is 2.10. The first-order valence-corrected chi connectivity index (χ1v) is 6.27. The van der Waals surface area contributed by atoms with Crippen LogP contribution in [-0.2, 0) is 0 Å². The summed E-state index contributed by atoms with van der Waals surface area (Å²) in [6.45, 7) is 1.78. The molecule has 0 atom stereocenters. The number of anilines is 2. The summed E-state index contributed by atoms with van der Waals surface area (Å²) >= 11 is 4.32. The summed E-state index contributed by atoms with van der Waals surface area (Å²) < 4.78 is 17.5. The van der Waals surface area contributed by atoms with Crippen molar-refractivity contribution >= 4 is 38.2 Å². The van der Waals surface area contributed by atoms with Crippen LogP contribution in [-0.4, -0.2) is 4.37 Å². The molecule has 0 aliphatic rings. The van der Waals surface area contributed by atoms with Crippen LogP contribution in [0.5, 0.6) is 0 Å². The molecule has 0 amide bonds. The lowest BCUT2D eigenvalue weighted by Gasteiger charge is -2.04. The maximum Gasteiger partial charge on any atom is 0.137 e. The van der Waals surface area contributed by atoms with Crippen molar-refractivity contribution in [3.63, 3.8) is 0 Å². The Morgan fingerprint density at radius 1 is 1.53 bits per heavy atom. The number of nitrogens with one attached hydrogen (secondary N) is 1. The number of halogens is 2. The number of benzene rings is 1. The van der Waals surface area contributed by atoms with Crippen LogP contribution in [0.1, 0.15) is 11.3 Å². The molecular weight excluding hydrogens is 305 g/mol. The fourth-order valence-electron chi connectivity index (χ4n) is 1.29. The summed E-state index contributed by atoms with van der Waals surface area (Å²) in [6, 6.07) is 6.67. The van der Waals surface area contributed by atoms with Crippen molar-refractivity contribution in [2.24, 2.45) is 0 Å². The van der Waals surface area contributed by atoms with Gasteiger partial charge in [0, 0.05) is 5.69 Å². The van der Waals surface area contributed by atoms with Gasteiger partial charge in [-0.15, -0.1) is 0 Å². The molecule has 0 unspecified atom stereocenters. The Balaban J connectivity index is 2.32. The molecule has 17 heavy (non-hydrogen) atoms. The molecule has 0 saturated heterocycles. The maximum atomic E-state index is 13.1. The molecule has 2 aromatic rings. The zero-order chi connectivity index (χ0) is 12.4. The molecule has 2 rings (SSSR count). The molecule has 0 spiro atoms. The normalized spacial score (nSPS) is 10.0. The molecule has 1 aromatic heterocycles. The standard InChI is InChI=1S/C11H7BrFN3S/c1-6-8(5-14)11(17-16-6)15-7-2-3-10(13)9(12)4-7/h2-4,15H,1H3. The van der Waals surface area contributed by atoms with E-state index in [1.165, 1.54) is 17.6 Å². The Bertz CT molecular complexity index is 603. The summed E-state index contributed by atoms with van der Waals surface area (Å²) in [5.74, 6) is -0.323. The minimum absolute atomic E-state index is 0.323. The molecule has 0 radical (unpaired) electrons. The van der Waals surface area contributed by atoms with E-state index in [1.54, 1.807) is 19.1 Å². The van der Waals surface area contributed by atoms with Gasteiger partial charge in [0.1, 0.15) is 22.5 Å². The van der Waals surface area contributed by atoms with E-state index >= 15 is 0 Å². The van der Waals surface area contributed by atoms with Gasteiger partial charge in [-0.25, -0.2) is 4.39 Å². The van der Waals surface area contributed by atoms with E-state index in [1.807, 2.05) is 0 Å². The Hall–Kier alpha value is -1.45. The maximum absolute atomic E-state index is 13.1. The SMILES string of the molecule is Cc1nsc(Nc2ccc(F)c(Br)c2)c1C#N. The summed E-state index contributed by atoms with van der Waals surface area (Å²) in [6.07, 6.45) is 0. The molecule has 0 bridgehead atoms. The lowest BCUT2D eigenvalue weighted by atomic mass is 10.2. The van der Waals surface area contributed by atoms with Crippen molar-refractivity contribution in [2.45, 2.75) is 6.92 Å². The molecule has 1 aromatic carbocycles. The van der Waals surface area contributed by atoms with E-state index in [4.69, 9.17) is 5.26 Å². The van der Waals surface area contributed by atoms with Crippen LogP contribution < -0.4 is 5.32 Å². The molecule has 0 aliphatic carbocycles. The molecule has 1 heterocycles. The zero-order valence-corrected chi connectivity index (χ0v) is 11.2. The van der Waals surface area contributed by atoms with Gasteiger partial charge in [-0.1, -0.05) is 0 Å². The van der Waals surface area contributed by atoms with Gasteiger partial charge in [0.25, 0.3) is 0 Å². The average Bonchev–Trinajstić information content (AvgIpc) is 2.64. The molecule has 0 fully saturated rings. The van der Waals surface area contributed by atoms with Gasteiger partial charge in [0.05, 0.1) is 10.2 Å². The third kappa shape index (κ3) is 2.46. The van der Waals surface area contributed by atoms with Crippen molar-refractivity contribution < 1.29 is 4.39 Å². The number of nitriles is 1. The third-order valence-corrected chi connectivity index (χ3v) is 3.61. The highest BCUT2D eigenvalue weighted by Crippen LogP contribution is 2.29. The molecule has 3 nitrogen and oxygen atoms in total. The highest BCUT2D eigenvalue weighted by atomic mass is 79.9. The van der Waals surface area contributed by atoms with Crippen LogP contribution in [0.25, 0.3) is 0 Å². The third-order valence-electron chi connectivity index (χ3n) is 2.15. The smallest absolute Gasteiger partial charge is 0.137 e. The molecular formula is C11H7BrFN3S. The average molecular weight is 312 g/mol. The van der Waals surface area contributed by atoms with Crippen LogP contribution >= 0.6 is 27.5 Å². The van der Waals surface area contributed by atoms with Gasteiger partial charge in [-0.3, -0.25) is 0 Å². The Kier molecular flexibility index (Phi) is 3.41. The van der Waals surface area contributed by atoms with Gasteiger partial charge in [0.15, 0.2) is 0 Å². The van der Waals surface area contributed by atoms with Crippen molar-refractivity contribution in [2.75, 3.05) is 5.32 Å². The van der Waals surface area contributed by atoms with Crippen LogP contribution in [0, 0.1) is 24.1 Å². The Morgan fingerprint density at radius 3 is 2.94 bits per heavy atom. The first kappa shape index (κ1) is 12.0. The molecule has 0 saturated carbocycles. The van der Waals surface area contributed by atoms with Gasteiger partial charge in [-0.2, -0.15) is 9.64 Å². The quantitative estimate of drug-likeness (QED) is 0.913. The van der Waals surface area contributed by atoms with E-state index in [-0.39, 0.29) is 5.82 Å². The first-order chi connectivity index (χ1) is 8.11. The number of nitrogens with zero attached hydrogens (tertiary/aromatic N) is 2. The fourth-order valence-corrected chi connectivity index (χ4v) is 2.44. The van der Waals surface area contributed by atoms with Gasteiger partial charge >= 0.3 is 0 Å². The lowest BCUT2D eigenvalue weighted by molar-refractivity contribution is 0.621. The largest absolute Gasteiger partial charge is 0.345 e. The summed E-state index contributed by atoms with van der Waals surface area (Å²) in [5, 5.41) is 12.7. The van der Waals surface area contributed by atoms with Crippen LogP contribution in [0.2, 0.25) is 0 Å². The zero-order valence-electron chi connectivity index (χ0n) is 8.79. The number of rotatable bonds is 2. The monoisotopic (exact) mass is 311 g/mol. The second-order valence-electron chi connectivity index (χ2n) is 3.34. The second kappa shape index (κ2) is 4.82. The Labute approximate surface area is 110 Å². The number of aryl methyl sites for hydroxylation is 1. The lowest BCUT2D eigenvalue weighted by Crippen LogP contribution is -1.91. The predicted molar refractivity (Wildman–Crippen MR) is 68.9 cm³/mol.